The van der Waals surface area contributed by atoms with E-state index < -0.39 is 0 Å². The summed E-state index contributed by atoms with van der Waals surface area (Å²) >= 11 is 0. The van der Waals surface area contributed by atoms with Crippen molar-refractivity contribution in [3.63, 3.8) is 0 Å². The maximum Gasteiger partial charge on any atom is 0.234 e. The average molecular weight is 252 g/mol. The van der Waals surface area contributed by atoms with Crippen molar-refractivity contribution in [2.45, 2.75) is 18.9 Å². The normalized spacial score (nSPS) is 17.1. The third-order valence-electron chi connectivity index (χ3n) is 2.84. The van der Waals surface area contributed by atoms with Gasteiger partial charge in [-0.1, -0.05) is 5.92 Å². The van der Waals surface area contributed by atoms with Crippen molar-refractivity contribution in [3.05, 3.63) is 0 Å². The van der Waals surface area contributed by atoms with E-state index in [0.29, 0.717) is 13.1 Å². The van der Waals surface area contributed by atoms with Crippen LogP contribution in [0.25, 0.3) is 0 Å². The van der Waals surface area contributed by atoms with E-state index in [1.54, 1.807) is 0 Å². The predicted molar refractivity (Wildman–Crippen MR) is 68.5 cm³/mol. The van der Waals surface area contributed by atoms with Crippen LogP contribution in [0.4, 0.5) is 0 Å². The number of piperidine rings is 1. The summed E-state index contributed by atoms with van der Waals surface area (Å²) < 4.78 is 0. The minimum Gasteiger partial charge on any atom is -0.369 e. The number of likely N-dealkylation sites (tertiary alicyclic amines) is 1. The smallest absolute Gasteiger partial charge is 0.234 e. The van der Waals surface area contributed by atoms with Gasteiger partial charge >= 0.3 is 0 Å². The van der Waals surface area contributed by atoms with Gasteiger partial charge in [-0.25, -0.2) is 0 Å². The van der Waals surface area contributed by atoms with Crippen molar-refractivity contribution in [2.75, 3.05) is 32.7 Å². The zero-order valence-corrected chi connectivity index (χ0v) is 10.4. The van der Waals surface area contributed by atoms with E-state index in [0.717, 1.165) is 25.9 Å². The minimum absolute atomic E-state index is 0.0430. The minimum atomic E-state index is -0.309. The first-order valence-electron chi connectivity index (χ1n) is 6.06. The maximum atomic E-state index is 11.5. The van der Waals surface area contributed by atoms with E-state index in [9.17, 15) is 9.59 Å². The molecule has 18 heavy (non-hydrogen) atoms. The lowest BCUT2D eigenvalue weighted by Gasteiger charge is -2.31. The molecule has 6 nitrogen and oxygen atoms in total. The topological polar surface area (TPSA) is 87.5 Å². The lowest BCUT2D eigenvalue weighted by atomic mass is 10.1. The van der Waals surface area contributed by atoms with Gasteiger partial charge in [-0.3, -0.25) is 19.8 Å². The van der Waals surface area contributed by atoms with Gasteiger partial charge in [0.2, 0.25) is 11.8 Å². The molecule has 0 unspecified atom stereocenters. The molecule has 0 saturated carbocycles. The Balaban J connectivity index is 2.17. The van der Waals surface area contributed by atoms with E-state index in [1.165, 1.54) is 0 Å². The number of nitrogens with two attached hydrogens (primary N) is 1. The number of hydrogen-bond donors (Lipinski definition) is 3. The molecule has 100 valence electrons. The molecule has 0 aliphatic carbocycles. The fraction of sp³-hybridized carbons (Fsp3) is 0.667. The molecule has 0 spiro atoms. The molecule has 1 aliphatic rings. The summed E-state index contributed by atoms with van der Waals surface area (Å²) in [4.78, 5) is 24.3. The average Bonchev–Trinajstić information content (AvgIpc) is 2.31. The number of carbonyl (C=O) groups is 2. The number of terminal acetylenes is 1. The molecule has 1 saturated heterocycles. The zero-order valence-electron chi connectivity index (χ0n) is 10.4. The molecule has 0 aromatic rings. The first-order valence-corrected chi connectivity index (χ1v) is 6.06. The van der Waals surface area contributed by atoms with Crippen LogP contribution in [0.1, 0.15) is 12.8 Å². The van der Waals surface area contributed by atoms with Crippen molar-refractivity contribution < 1.29 is 9.59 Å². The van der Waals surface area contributed by atoms with Gasteiger partial charge in [0, 0.05) is 19.1 Å². The lowest BCUT2D eigenvalue weighted by Crippen LogP contribution is -2.48. The third-order valence-corrected chi connectivity index (χ3v) is 2.84. The Morgan fingerprint density at radius 1 is 1.39 bits per heavy atom. The largest absolute Gasteiger partial charge is 0.369 e. The van der Waals surface area contributed by atoms with Crippen LogP contribution in [0.2, 0.25) is 0 Å². The molecule has 0 aromatic heterocycles. The Morgan fingerprint density at radius 2 is 2.06 bits per heavy atom. The van der Waals surface area contributed by atoms with Crippen LogP contribution in [-0.4, -0.2) is 55.5 Å². The number of primary amides is 1. The third kappa shape index (κ3) is 5.66. The summed E-state index contributed by atoms with van der Waals surface area (Å²) in [6.07, 6.45) is 6.75. The monoisotopic (exact) mass is 252 g/mol. The molecular formula is C12H20N4O2. The van der Waals surface area contributed by atoms with Gasteiger partial charge in [0.25, 0.3) is 0 Å². The van der Waals surface area contributed by atoms with Crippen molar-refractivity contribution in [3.8, 4) is 12.3 Å². The molecule has 1 heterocycles. The van der Waals surface area contributed by atoms with Gasteiger partial charge in [0.1, 0.15) is 0 Å². The molecule has 0 atom stereocenters. The van der Waals surface area contributed by atoms with Gasteiger partial charge in [0.05, 0.1) is 19.6 Å². The molecule has 1 rings (SSSR count). The summed E-state index contributed by atoms with van der Waals surface area (Å²) in [5.41, 5.74) is 5.13. The molecule has 2 amide bonds. The van der Waals surface area contributed by atoms with Crippen LogP contribution in [-0.2, 0) is 9.59 Å². The molecule has 4 N–H and O–H groups in total. The fourth-order valence-electron chi connectivity index (χ4n) is 1.98. The van der Waals surface area contributed by atoms with Gasteiger partial charge < -0.3 is 11.1 Å². The van der Waals surface area contributed by atoms with Crippen LogP contribution < -0.4 is 16.4 Å². The maximum absolute atomic E-state index is 11.5. The second-order valence-electron chi connectivity index (χ2n) is 4.39. The highest BCUT2D eigenvalue weighted by Crippen LogP contribution is 2.09. The Morgan fingerprint density at radius 3 is 2.61 bits per heavy atom. The number of carbonyl (C=O) groups excluding carboxylic acids is 2. The van der Waals surface area contributed by atoms with Crippen LogP contribution in [0.3, 0.4) is 0 Å². The zero-order chi connectivity index (χ0) is 13.4. The molecule has 1 aliphatic heterocycles. The Labute approximate surface area is 107 Å². The van der Waals surface area contributed by atoms with Gasteiger partial charge in [-0.15, -0.1) is 6.42 Å². The van der Waals surface area contributed by atoms with Gasteiger partial charge in [0.15, 0.2) is 0 Å². The van der Waals surface area contributed by atoms with Gasteiger partial charge in [-0.05, 0) is 12.8 Å². The Kier molecular flexibility index (Phi) is 6.19. The molecule has 0 aromatic carbocycles. The highest BCUT2D eigenvalue weighted by Gasteiger charge is 2.21. The van der Waals surface area contributed by atoms with E-state index in [2.05, 4.69) is 16.6 Å². The number of nitrogens with one attached hydrogen (secondary N) is 2. The first-order chi connectivity index (χ1) is 8.61. The quantitative estimate of drug-likeness (QED) is 0.387. The number of rotatable bonds is 6. The Bertz CT molecular complexity index is 329. The predicted octanol–water partition coefficient (Wildman–Crippen LogP) is -1.72. The van der Waals surface area contributed by atoms with E-state index in [4.69, 9.17) is 12.2 Å². The fourth-order valence-corrected chi connectivity index (χ4v) is 1.98. The van der Waals surface area contributed by atoms with Crippen molar-refractivity contribution >= 4 is 11.8 Å². The van der Waals surface area contributed by atoms with E-state index in [1.807, 2.05) is 4.90 Å². The molecule has 0 radical (unpaired) electrons. The second-order valence-corrected chi connectivity index (χ2v) is 4.39. The van der Waals surface area contributed by atoms with Crippen molar-refractivity contribution in [2.24, 2.45) is 5.73 Å². The second kappa shape index (κ2) is 7.69. The first kappa shape index (κ1) is 14.5. The SMILES string of the molecule is C#CCNCC(=O)NC1CCN(CC(N)=O)CC1. The molecule has 1 fully saturated rings. The highest BCUT2D eigenvalue weighted by molar-refractivity contribution is 5.78. The van der Waals surface area contributed by atoms with Gasteiger partial charge in [-0.2, -0.15) is 0 Å². The van der Waals surface area contributed by atoms with Crippen LogP contribution >= 0.6 is 0 Å². The number of amides is 2. The standard InChI is InChI=1S/C12H20N4O2/c1-2-5-14-8-12(18)15-10-3-6-16(7-4-10)9-11(13)17/h1,10,14H,3-9H2,(H2,13,17)(H,15,18). The van der Waals surface area contributed by atoms with Crippen molar-refractivity contribution in [1.82, 2.24) is 15.5 Å². The summed E-state index contributed by atoms with van der Waals surface area (Å²) in [7, 11) is 0. The van der Waals surface area contributed by atoms with Crippen LogP contribution in [0.5, 0.6) is 0 Å². The molecule has 6 heteroatoms. The molecule has 0 bridgehead atoms. The van der Waals surface area contributed by atoms with Crippen LogP contribution in [0.15, 0.2) is 0 Å². The van der Waals surface area contributed by atoms with E-state index >= 15 is 0 Å². The summed E-state index contributed by atoms with van der Waals surface area (Å²) in [6.45, 7) is 2.50. The highest BCUT2D eigenvalue weighted by atomic mass is 16.2. The Hall–Kier alpha value is -1.58. The number of hydrogen-bond acceptors (Lipinski definition) is 4. The van der Waals surface area contributed by atoms with E-state index in [-0.39, 0.29) is 24.4 Å². The summed E-state index contributed by atoms with van der Waals surface area (Å²) in [5.74, 6) is 2.06. The van der Waals surface area contributed by atoms with Crippen LogP contribution in [0, 0.1) is 12.3 Å². The lowest BCUT2D eigenvalue weighted by molar-refractivity contribution is -0.122. The summed E-state index contributed by atoms with van der Waals surface area (Å²) in [6, 6.07) is 0.175. The summed E-state index contributed by atoms with van der Waals surface area (Å²) in [5, 5.41) is 5.78. The van der Waals surface area contributed by atoms with Crippen molar-refractivity contribution in [1.29, 1.82) is 0 Å². The molecular weight excluding hydrogens is 232 g/mol. The number of nitrogens with zero attached hydrogens (tertiary/aromatic N) is 1.